The number of alkyl halides is 2. The molecular weight excluding hydrogens is 272 g/mol. The van der Waals surface area contributed by atoms with Crippen molar-refractivity contribution < 1.29 is 8.78 Å². The Morgan fingerprint density at radius 3 is 2.67 bits per heavy atom. The molecule has 0 bridgehead atoms. The Balaban J connectivity index is 1.95. The first-order valence-corrected chi connectivity index (χ1v) is 8.04. The molecule has 1 aromatic heterocycles. The van der Waals surface area contributed by atoms with Gasteiger partial charge in [-0.05, 0) is 45.2 Å². The molecule has 2 rings (SSSR count). The Kier molecular flexibility index (Phi) is 5.36. The van der Waals surface area contributed by atoms with E-state index in [9.17, 15) is 8.78 Å². The zero-order chi connectivity index (χ0) is 15.5. The van der Waals surface area contributed by atoms with Gasteiger partial charge in [0, 0.05) is 37.5 Å². The van der Waals surface area contributed by atoms with E-state index in [0.717, 1.165) is 18.5 Å². The van der Waals surface area contributed by atoms with Crippen LogP contribution in [-0.4, -0.2) is 28.8 Å². The summed E-state index contributed by atoms with van der Waals surface area (Å²) in [6.07, 6.45) is 5.14. The molecule has 1 aromatic rings. The Morgan fingerprint density at radius 2 is 2.10 bits per heavy atom. The molecule has 1 aliphatic rings. The summed E-state index contributed by atoms with van der Waals surface area (Å²) in [6, 6.07) is 2.69. The van der Waals surface area contributed by atoms with Gasteiger partial charge in [0.25, 0.3) is 0 Å². The van der Waals surface area contributed by atoms with E-state index in [2.05, 4.69) is 24.3 Å². The van der Waals surface area contributed by atoms with Crippen LogP contribution in [0, 0.1) is 5.92 Å². The quantitative estimate of drug-likeness (QED) is 0.865. The molecule has 5 heteroatoms. The number of hydrogen-bond donors (Lipinski definition) is 1. The molecule has 2 unspecified atom stereocenters. The van der Waals surface area contributed by atoms with E-state index in [1.807, 2.05) is 24.0 Å². The smallest absolute Gasteiger partial charge is 0.248 e. The van der Waals surface area contributed by atoms with Crippen molar-refractivity contribution in [3.05, 3.63) is 18.0 Å². The number of nitrogens with zero attached hydrogens (tertiary/aromatic N) is 2. The highest BCUT2D eigenvalue weighted by molar-refractivity contribution is 5.03. The Bertz CT molecular complexity index is 434. The minimum Gasteiger partial charge on any atom is -0.316 e. The predicted molar refractivity (Wildman–Crippen MR) is 80.7 cm³/mol. The SMILES string of the molecule is CCC(C)n1ccc(CC(NC)C2CCC(F)(F)CC2)n1. The van der Waals surface area contributed by atoms with Gasteiger partial charge in [-0.15, -0.1) is 0 Å². The largest absolute Gasteiger partial charge is 0.316 e. The summed E-state index contributed by atoms with van der Waals surface area (Å²) in [5, 5.41) is 7.93. The summed E-state index contributed by atoms with van der Waals surface area (Å²) in [4.78, 5) is 0. The molecule has 21 heavy (non-hydrogen) atoms. The highest BCUT2D eigenvalue weighted by Crippen LogP contribution is 2.37. The van der Waals surface area contributed by atoms with Crippen LogP contribution in [0.3, 0.4) is 0 Å². The number of nitrogens with one attached hydrogen (secondary N) is 1. The molecule has 1 aliphatic carbocycles. The van der Waals surface area contributed by atoms with Crippen molar-refractivity contribution in [1.29, 1.82) is 0 Å². The second-order valence-corrected chi connectivity index (χ2v) is 6.34. The topological polar surface area (TPSA) is 29.9 Å². The van der Waals surface area contributed by atoms with E-state index in [4.69, 9.17) is 0 Å². The molecule has 1 heterocycles. The summed E-state index contributed by atoms with van der Waals surface area (Å²) in [5.41, 5.74) is 1.05. The van der Waals surface area contributed by atoms with Crippen LogP contribution in [0.2, 0.25) is 0 Å². The van der Waals surface area contributed by atoms with Crippen LogP contribution in [-0.2, 0) is 6.42 Å². The van der Waals surface area contributed by atoms with Gasteiger partial charge in [0.05, 0.1) is 5.69 Å². The molecule has 1 saturated carbocycles. The average molecular weight is 299 g/mol. The fourth-order valence-corrected chi connectivity index (χ4v) is 3.11. The second-order valence-electron chi connectivity index (χ2n) is 6.34. The van der Waals surface area contributed by atoms with E-state index in [-0.39, 0.29) is 18.9 Å². The van der Waals surface area contributed by atoms with E-state index in [1.165, 1.54) is 0 Å². The molecular formula is C16H27F2N3. The number of aromatic nitrogens is 2. The van der Waals surface area contributed by atoms with Crippen LogP contribution >= 0.6 is 0 Å². The summed E-state index contributed by atoms with van der Waals surface area (Å²) in [6.45, 7) is 4.29. The summed E-state index contributed by atoms with van der Waals surface area (Å²) in [7, 11) is 1.92. The molecule has 2 atom stereocenters. The molecule has 1 N–H and O–H groups in total. The number of likely N-dealkylation sites (N-methyl/N-ethyl adjacent to an activating group) is 1. The third kappa shape index (κ3) is 4.25. The van der Waals surface area contributed by atoms with Crippen molar-refractivity contribution in [2.24, 2.45) is 5.92 Å². The van der Waals surface area contributed by atoms with E-state index < -0.39 is 5.92 Å². The van der Waals surface area contributed by atoms with Crippen molar-refractivity contribution >= 4 is 0 Å². The third-order valence-corrected chi connectivity index (χ3v) is 4.84. The first kappa shape index (κ1) is 16.4. The lowest BCUT2D eigenvalue weighted by molar-refractivity contribution is -0.0493. The molecule has 120 valence electrons. The summed E-state index contributed by atoms with van der Waals surface area (Å²) >= 11 is 0. The van der Waals surface area contributed by atoms with Gasteiger partial charge in [-0.3, -0.25) is 4.68 Å². The van der Waals surface area contributed by atoms with Crippen molar-refractivity contribution in [3.8, 4) is 0 Å². The van der Waals surface area contributed by atoms with Crippen LogP contribution < -0.4 is 5.32 Å². The molecule has 0 aliphatic heterocycles. The van der Waals surface area contributed by atoms with Crippen LogP contribution in [0.25, 0.3) is 0 Å². The number of rotatable bonds is 6. The maximum Gasteiger partial charge on any atom is 0.248 e. The summed E-state index contributed by atoms with van der Waals surface area (Å²) in [5.74, 6) is -2.13. The van der Waals surface area contributed by atoms with Crippen molar-refractivity contribution in [2.75, 3.05) is 7.05 Å². The zero-order valence-corrected chi connectivity index (χ0v) is 13.3. The van der Waals surface area contributed by atoms with Gasteiger partial charge in [-0.2, -0.15) is 5.10 Å². The molecule has 0 aromatic carbocycles. The van der Waals surface area contributed by atoms with Crippen molar-refractivity contribution in [3.63, 3.8) is 0 Å². The average Bonchev–Trinajstić information content (AvgIpc) is 2.93. The standard InChI is InChI=1S/C16H27F2N3/c1-4-12(2)21-10-7-14(20-21)11-15(19-3)13-5-8-16(17,18)9-6-13/h7,10,12-13,15,19H,4-6,8-9,11H2,1-3H3. The first-order valence-electron chi connectivity index (χ1n) is 8.04. The van der Waals surface area contributed by atoms with Gasteiger partial charge in [-0.25, -0.2) is 8.78 Å². The third-order valence-electron chi connectivity index (χ3n) is 4.84. The monoisotopic (exact) mass is 299 g/mol. The molecule has 0 radical (unpaired) electrons. The van der Waals surface area contributed by atoms with Gasteiger partial charge >= 0.3 is 0 Å². The van der Waals surface area contributed by atoms with E-state index in [0.29, 0.717) is 24.8 Å². The number of hydrogen-bond acceptors (Lipinski definition) is 2. The lowest BCUT2D eigenvalue weighted by Gasteiger charge is -2.33. The van der Waals surface area contributed by atoms with Gasteiger partial charge in [0.2, 0.25) is 5.92 Å². The minimum atomic E-state index is -2.45. The molecule has 0 saturated heterocycles. The van der Waals surface area contributed by atoms with E-state index >= 15 is 0 Å². The van der Waals surface area contributed by atoms with Crippen LogP contribution in [0.1, 0.15) is 57.7 Å². The highest BCUT2D eigenvalue weighted by Gasteiger charge is 2.37. The Hall–Kier alpha value is -0.970. The van der Waals surface area contributed by atoms with Crippen LogP contribution in [0.4, 0.5) is 8.78 Å². The van der Waals surface area contributed by atoms with Crippen LogP contribution in [0.15, 0.2) is 12.3 Å². The van der Waals surface area contributed by atoms with Gasteiger partial charge in [0.15, 0.2) is 0 Å². The molecule has 3 nitrogen and oxygen atoms in total. The zero-order valence-electron chi connectivity index (χ0n) is 13.3. The number of halogens is 2. The second kappa shape index (κ2) is 6.86. The summed E-state index contributed by atoms with van der Waals surface area (Å²) < 4.78 is 28.5. The van der Waals surface area contributed by atoms with Gasteiger partial charge in [-0.1, -0.05) is 6.92 Å². The first-order chi connectivity index (χ1) is 9.95. The fraction of sp³-hybridized carbons (Fsp3) is 0.812. The lowest BCUT2D eigenvalue weighted by atomic mass is 9.80. The fourth-order valence-electron chi connectivity index (χ4n) is 3.11. The van der Waals surface area contributed by atoms with Crippen molar-refractivity contribution in [1.82, 2.24) is 15.1 Å². The van der Waals surface area contributed by atoms with Gasteiger partial charge < -0.3 is 5.32 Å². The predicted octanol–water partition coefficient (Wildman–Crippen LogP) is 3.81. The maximum atomic E-state index is 13.3. The Morgan fingerprint density at radius 1 is 1.43 bits per heavy atom. The van der Waals surface area contributed by atoms with Gasteiger partial charge in [0.1, 0.15) is 0 Å². The lowest BCUT2D eigenvalue weighted by Crippen LogP contribution is -2.39. The minimum absolute atomic E-state index is 0.0250. The molecule has 0 amide bonds. The normalized spacial score (nSPS) is 22.1. The van der Waals surface area contributed by atoms with Crippen molar-refractivity contribution in [2.45, 2.75) is 70.4 Å². The van der Waals surface area contributed by atoms with Crippen LogP contribution in [0.5, 0.6) is 0 Å². The molecule has 0 spiro atoms. The van der Waals surface area contributed by atoms with E-state index in [1.54, 1.807) is 0 Å². The maximum absolute atomic E-state index is 13.3. The Labute approximate surface area is 126 Å². The molecule has 1 fully saturated rings. The highest BCUT2D eigenvalue weighted by atomic mass is 19.3.